The Balaban J connectivity index is 1.47. The summed E-state index contributed by atoms with van der Waals surface area (Å²) < 4.78 is 26.4. The molecule has 7 heteroatoms. The Bertz CT molecular complexity index is 526. The maximum Gasteiger partial charge on any atom is 0.267 e. The van der Waals surface area contributed by atoms with Crippen LogP contribution < -0.4 is 10.6 Å². The van der Waals surface area contributed by atoms with Crippen LogP contribution in [0, 0.1) is 0 Å². The van der Waals surface area contributed by atoms with Crippen molar-refractivity contribution in [2.75, 3.05) is 19.6 Å². The molecule has 0 radical (unpaired) electrons. The van der Waals surface area contributed by atoms with Gasteiger partial charge in [-0.05, 0) is 18.1 Å². The zero-order valence-corrected chi connectivity index (χ0v) is 12.3. The second-order valence-electron chi connectivity index (χ2n) is 6.00. The Morgan fingerprint density at radius 2 is 2.41 bits per heavy atom. The summed E-state index contributed by atoms with van der Waals surface area (Å²) >= 11 is 0. The SMILES string of the molecule is O=C([C@@H]1C[C@H](NCc2cccnc2)CN1)N1CCC(F)(F)C1. The fourth-order valence-corrected chi connectivity index (χ4v) is 2.99. The van der Waals surface area contributed by atoms with Crippen LogP contribution in [-0.4, -0.2) is 53.4 Å². The van der Waals surface area contributed by atoms with Gasteiger partial charge in [0.25, 0.3) is 5.92 Å². The fourth-order valence-electron chi connectivity index (χ4n) is 2.99. The predicted octanol–water partition coefficient (Wildman–Crippen LogP) is 0.769. The second-order valence-corrected chi connectivity index (χ2v) is 6.00. The van der Waals surface area contributed by atoms with Gasteiger partial charge < -0.3 is 15.5 Å². The molecule has 1 amide bonds. The van der Waals surface area contributed by atoms with Crippen molar-refractivity contribution in [1.82, 2.24) is 20.5 Å². The van der Waals surface area contributed by atoms with Crippen LogP contribution in [0.3, 0.4) is 0 Å². The summed E-state index contributed by atoms with van der Waals surface area (Å²) in [5.41, 5.74) is 1.08. The molecule has 2 aliphatic rings. The summed E-state index contributed by atoms with van der Waals surface area (Å²) in [6, 6.07) is 3.67. The van der Waals surface area contributed by atoms with E-state index in [1.807, 2.05) is 12.1 Å². The van der Waals surface area contributed by atoms with E-state index in [1.54, 1.807) is 12.4 Å². The third kappa shape index (κ3) is 3.59. The number of likely N-dealkylation sites (tertiary alicyclic amines) is 1. The third-order valence-corrected chi connectivity index (χ3v) is 4.23. The molecule has 3 heterocycles. The van der Waals surface area contributed by atoms with Gasteiger partial charge in [-0.3, -0.25) is 9.78 Å². The first-order chi connectivity index (χ1) is 10.5. The molecule has 2 aliphatic heterocycles. The molecule has 0 aromatic carbocycles. The minimum absolute atomic E-state index is 0.151. The van der Waals surface area contributed by atoms with Gasteiger partial charge in [-0.1, -0.05) is 6.07 Å². The molecule has 0 unspecified atom stereocenters. The van der Waals surface area contributed by atoms with Gasteiger partial charge in [0.2, 0.25) is 5.91 Å². The molecular formula is C15H20F2N4O. The van der Waals surface area contributed by atoms with Crippen molar-refractivity contribution in [3.63, 3.8) is 0 Å². The molecule has 120 valence electrons. The van der Waals surface area contributed by atoms with E-state index in [2.05, 4.69) is 15.6 Å². The molecular weight excluding hydrogens is 290 g/mol. The Morgan fingerprint density at radius 1 is 1.55 bits per heavy atom. The number of hydrogen-bond acceptors (Lipinski definition) is 4. The summed E-state index contributed by atoms with van der Waals surface area (Å²) in [6.45, 7) is 1.05. The lowest BCUT2D eigenvalue weighted by atomic mass is 10.1. The topological polar surface area (TPSA) is 57.3 Å². The van der Waals surface area contributed by atoms with Crippen LogP contribution in [0.25, 0.3) is 0 Å². The van der Waals surface area contributed by atoms with E-state index in [0.717, 1.165) is 5.56 Å². The number of nitrogens with zero attached hydrogens (tertiary/aromatic N) is 2. The lowest BCUT2D eigenvalue weighted by Gasteiger charge is -2.20. The Kier molecular flexibility index (Phi) is 4.35. The number of aromatic nitrogens is 1. The molecule has 22 heavy (non-hydrogen) atoms. The van der Waals surface area contributed by atoms with Gasteiger partial charge in [0.15, 0.2) is 0 Å². The van der Waals surface area contributed by atoms with Gasteiger partial charge in [-0.15, -0.1) is 0 Å². The van der Waals surface area contributed by atoms with Crippen LogP contribution in [0.15, 0.2) is 24.5 Å². The number of carbonyl (C=O) groups excluding carboxylic acids is 1. The second kappa shape index (κ2) is 6.26. The lowest BCUT2D eigenvalue weighted by molar-refractivity contribution is -0.133. The molecule has 2 atom stereocenters. The molecule has 0 saturated carbocycles. The largest absolute Gasteiger partial charge is 0.335 e. The van der Waals surface area contributed by atoms with Crippen molar-refractivity contribution in [2.24, 2.45) is 0 Å². The van der Waals surface area contributed by atoms with Crippen LogP contribution in [-0.2, 0) is 11.3 Å². The molecule has 3 rings (SSSR count). The van der Waals surface area contributed by atoms with Crippen molar-refractivity contribution in [1.29, 1.82) is 0 Å². The maximum atomic E-state index is 13.2. The molecule has 2 fully saturated rings. The summed E-state index contributed by atoms with van der Waals surface area (Å²) in [4.78, 5) is 17.6. The zero-order chi connectivity index (χ0) is 15.6. The normalized spacial score (nSPS) is 27.3. The molecule has 0 bridgehead atoms. The van der Waals surface area contributed by atoms with Crippen molar-refractivity contribution in [3.05, 3.63) is 30.1 Å². The van der Waals surface area contributed by atoms with E-state index in [1.165, 1.54) is 4.90 Å². The van der Waals surface area contributed by atoms with Crippen LogP contribution >= 0.6 is 0 Å². The highest BCUT2D eigenvalue weighted by atomic mass is 19.3. The quantitative estimate of drug-likeness (QED) is 0.862. The summed E-state index contributed by atoms with van der Waals surface area (Å²) in [7, 11) is 0. The standard InChI is InChI=1S/C15H20F2N4O/c16-15(17)3-5-21(10-15)14(22)13-6-12(9-20-13)19-8-11-2-1-4-18-7-11/h1-2,4,7,12-13,19-20H,3,5-6,8-10H2/t12-,13-/m0/s1. The van der Waals surface area contributed by atoms with Crippen molar-refractivity contribution in [2.45, 2.75) is 37.4 Å². The molecule has 1 aromatic heterocycles. The summed E-state index contributed by atoms with van der Waals surface area (Å²) in [5, 5.41) is 6.50. The number of amides is 1. The van der Waals surface area contributed by atoms with Crippen LogP contribution in [0.1, 0.15) is 18.4 Å². The third-order valence-electron chi connectivity index (χ3n) is 4.23. The minimum atomic E-state index is -2.73. The average Bonchev–Trinajstić information content (AvgIpc) is 3.12. The van der Waals surface area contributed by atoms with Crippen LogP contribution in [0.5, 0.6) is 0 Å². The van der Waals surface area contributed by atoms with E-state index in [4.69, 9.17) is 0 Å². The average molecular weight is 310 g/mol. The van der Waals surface area contributed by atoms with E-state index in [0.29, 0.717) is 19.5 Å². The summed E-state index contributed by atoms with van der Waals surface area (Å²) in [6.07, 6.45) is 3.92. The number of rotatable bonds is 4. The fraction of sp³-hybridized carbons (Fsp3) is 0.600. The number of pyridine rings is 1. The minimum Gasteiger partial charge on any atom is -0.335 e. The zero-order valence-electron chi connectivity index (χ0n) is 12.3. The van der Waals surface area contributed by atoms with Crippen molar-refractivity contribution in [3.8, 4) is 0 Å². The van der Waals surface area contributed by atoms with Gasteiger partial charge in [0.05, 0.1) is 12.6 Å². The molecule has 2 N–H and O–H groups in total. The Morgan fingerprint density at radius 3 is 3.09 bits per heavy atom. The van der Waals surface area contributed by atoms with Crippen molar-refractivity contribution < 1.29 is 13.6 Å². The molecule has 1 aromatic rings. The number of hydrogen-bond donors (Lipinski definition) is 2. The number of halogens is 2. The highest BCUT2D eigenvalue weighted by molar-refractivity contribution is 5.82. The Hall–Kier alpha value is -1.60. The molecule has 0 spiro atoms. The van der Waals surface area contributed by atoms with Gasteiger partial charge >= 0.3 is 0 Å². The highest BCUT2D eigenvalue weighted by Crippen LogP contribution is 2.27. The maximum absolute atomic E-state index is 13.2. The van der Waals surface area contributed by atoms with Crippen LogP contribution in [0.4, 0.5) is 8.78 Å². The smallest absolute Gasteiger partial charge is 0.267 e. The van der Waals surface area contributed by atoms with Crippen molar-refractivity contribution >= 4 is 5.91 Å². The van der Waals surface area contributed by atoms with E-state index >= 15 is 0 Å². The highest BCUT2D eigenvalue weighted by Gasteiger charge is 2.43. The first kappa shape index (κ1) is 15.3. The monoisotopic (exact) mass is 310 g/mol. The first-order valence-electron chi connectivity index (χ1n) is 7.56. The number of nitrogens with one attached hydrogen (secondary N) is 2. The van der Waals surface area contributed by atoms with E-state index in [9.17, 15) is 13.6 Å². The van der Waals surface area contributed by atoms with Gasteiger partial charge in [0, 0.05) is 44.5 Å². The van der Waals surface area contributed by atoms with Crippen LogP contribution in [0.2, 0.25) is 0 Å². The first-order valence-corrected chi connectivity index (χ1v) is 7.56. The molecule has 5 nitrogen and oxygen atoms in total. The predicted molar refractivity (Wildman–Crippen MR) is 77.4 cm³/mol. The Labute approximate surface area is 128 Å². The molecule has 2 saturated heterocycles. The summed E-state index contributed by atoms with van der Waals surface area (Å²) in [5.74, 6) is -2.94. The van der Waals surface area contributed by atoms with E-state index < -0.39 is 12.5 Å². The number of carbonyl (C=O) groups is 1. The lowest BCUT2D eigenvalue weighted by Crippen LogP contribution is -2.43. The number of alkyl halides is 2. The van der Waals surface area contributed by atoms with Gasteiger partial charge in [-0.2, -0.15) is 0 Å². The van der Waals surface area contributed by atoms with Gasteiger partial charge in [-0.25, -0.2) is 8.78 Å². The van der Waals surface area contributed by atoms with Gasteiger partial charge in [0.1, 0.15) is 0 Å². The molecule has 0 aliphatic carbocycles. The van der Waals surface area contributed by atoms with E-state index in [-0.39, 0.29) is 31.0 Å².